The van der Waals surface area contributed by atoms with E-state index in [1.54, 1.807) is 25.3 Å². The van der Waals surface area contributed by atoms with E-state index in [1.165, 1.54) is 11.6 Å². The van der Waals surface area contributed by atoms with E-state index < -0.39 is 48.5 Å². The molecule has 240 valence electrons. The summed E-state index contributed by atoms with van der Waals surface area (Å²) in [4.78, 5) is 49.4. The molecule has 3 aromatic rings. The fraction of sp³-hybridized carbons (Fsp3) is 0.424. The second-order valence-corrected chi connectivity index (χ2v) is 11.7. The molecule has 0 N–H and O–H groups in total. The van der Waals surface area contributed by atoms with E-state index >= 15 is 0 Å². The Morgan fingerprint density at radius 3 is 2.00 bits per heavy atom. The van der Waals surface area contributed by atoms with Gasteiger partial charge in [0.15, 0.2) is 12.2 Å². The topological polar surface area (TPSA) is 141 Å². The molecule has 4 atom stereocenters. The zero-order chi connectivity index (χ0) is 32.9. The Morgan fingerprint density at radius 2 is 1.44 bits per heavy atom. The van der Waals surface area contributed by atoms with Crippen molar-refractivity contribution in [2.24, 2.45) is 0 Å². The van der Waals surface area contributed by atoms with E-state index in [1.807, 2.05) is 36.4 Å². The average molecular weight is 623 g/mol. The summed E-state index contributed by atoms with van der Waals surface area (Å²) in [7, 11) is 1.57. The highest BCUT2D eigenvalue weighted by atomic mass is 16.7. The monoisotopic (exact) mass is 622 g/mol. The highest BCUT2D eigenvalue weighted by Crippen LogP contribution is 2.28. The van der Waals surface area contributed by atoms with Gasteiger partial charge in [-0.3, -0.25) is 19.1 Å². The van der Waals surface area contributed by atoms with Gasteiger partial charge in [0, 0.05) is 26.3 Å². The maximum Gasteiger partial charge on any atom is 0.359 e. The van der Waals surface area contributed by atoms with Gasteiger partial charge < -0.3 is 28.4 Å². The van der Waals surface area contributed by atoms with E-state index in [0.717, 1.165) is 30.5 Å². The molecule has 0 radical (unpaired) electrons. The number of rotatable bonds is 9. The molecule has 0 aliphatic carbocycles. The summed E-state index contributed by atoms with van der Waals surface area (Å²) >= 11 is 0. The lowest BCUT2D eigenvalue weighted by atomic mass is 9.87. The van der Waals surface area contributed by atoms with Crippen LogP contribution in [0, 0.1) is 0 Å². The van der Waals surface area contributed by atoms with Crippen molar-refractivity contribution in [3.63, 3.8) is 0 Å². The van der Waals surface area contributed by atoms with Crippen molar-refractivity contribution in [1.82, 2.24) is 9.78 Å². The lowest BCUT2D eigenvalue weighted by Gasteiger charge is -2.39. The third-order valence-corrected chi connectivity index (χ3v) is 7.06. The molecule has 0 unspecified atom stereocenters. The third kappa shape index (κ3) is 8.48. The molecule has 2 heterocycles. The van der Waals surface area contributed by atoms with Crippen molar-refractivity contribution in [2.45, 2.75) is 78.1 Å². The minimum Gasteiger partial charge on any atom is -0.497 e. The summed E-state index contributed by atoms with van der Waals surface area (Å²) in [6, 6.07) is 16.8. The molecule has 12 nitrogen and oxygen atoms in total. The van der Waals surface area contributed by atoms with Crippen LogP contribution < -0.4 is 4.74 Å². The first-order valence-corrected chi connectivity index (χ1v) is 14.4. The van der Waals surface area contributed by atoms with Crippen molar-refractivity contribution in [3.8, 4) is 17.0 Å². The van der Waals surface area contributed by atoms with Crippen molar-refractivity contribution in [3.05, 3.63) is 71.4 Å². The maximum absolute atomic E-state index is 13.8. The number of aromatic nitrogens is 2. The Morgan fingerprint density at radius 1 is 0.844 bits per heavy atom. The number of nitrogens with zero attached hydrogens (tertiary/aromatic N) is 2. The SMILES string of the molecule is COc1ccc(-c2cc(C(=O)O[C@@H]3OC[C@@H](OC(C)=O)[C@H](OC(C)=O)[C@H]3OC(C)=O)n(Cc3ccc(C(C)(C)C)cc3)n2)cc1. The molecule has 1 saturated heterocycles. The summed E-state index contributed by atoms with van der Waals surface area (Å²) in [5, 5.41) is 4.71. The number of benzene rings is 2. The molecule has 0 bridgehead atoms. The molecule has 0 spiro atoms. The highest BCUT2D eigenvalue weighted by molar-refractivity contribution is 5.89. The van der Waals surface area contributed by atoms with Gasteiger partial charge in [0.1, 0.15) is 11.4 Å². The molecular formula is C33H38N2O10. The summed E-state index contributed by atoms with van der Waals surface area (Å²) in [5.74, 6) is -2.31. The number of esters is 4. The molecule has 2 aromatic carbocycles. The molecule has 12 heteroatoms. The van der Waals surface area contributed by atoms with Gasteiger partial charge in [0.05, 0.1) is 26.0 Å². The number of ether oxygens (including phenoxy) is 6. The van der Waals surface area contributed by atoms with E-state index in [2.05, 4.69) is 20.8 Å². The van der Waals surface area contributed by atoms with Crippen molar-refractivity contribution >= 4 is 23.9 Å². The zero-order valence-corrected chi connectivity index (χ0v) is 26.4. The van der Waals surface area contributed by atoms with Crippen LogP contribution in [0.3, 0.4) is 0 Å². The van der Waals surface area contributed by atoms with E-state index in [4.69, 9.17) is 33.5 Å². The Bertz CT molecular complexity index is 1520. The van der Waals surface area contributed by atoms with Crippen LogP contribution in [0.25, 0.3) is 11.3 Å². The molecule has 1 aliphatic heterocycles. The number of methoxy groups -OCH3 is 1. The van der Waals surface area contributed by atoms with Crippen LogP contribution in [0.2, 0.25) is 0 Å². The standard InChI is InChI=1S/C33H38N2O10/c1-19(36)42-28-18-41-32(30(44-21(3)38)29(28)43-20(2)37)45-31(39)27-16-26(23-10-14-25(40-7)15-11-23)34-35(27)17-22-8-12-24(13-9-22)33(4,5)6/h8-16,28-30,32H,17-18H2,1-7H3/t28-,29+,30-,32+/m1/s1. The smallest absolute Gasteiger partial charge is 0.359 e. The van der Waals surface area contributed by atoms with Crippen LogP contribution in [0.15, 0.2) is 54.6 Å². The summed E-state index contributed by atoms with van der Waals surface area (Å²) < 4.78 is 34.2. The average Bonchev–Trinajstić information content (AvgIpc) is 3.39. The molecule has 45 heavy (non-hydrogen) atoms. The van der Waals surface area contributed by atoms with E-state index in [9.17, 15) is 19.2 Å². The minimum absolute atomic E-state index is 0.0301. The molecule has 1 fully saturated rings. The number of hydrogen-bond acceptors (Lipinski definition) is 11. The van der Waals surface area contributed by atoms with Crippen LogP contribution in [-0.4, -0.2) is 72.0 Å². The minimum atomic E-state index is -1.49. The van der Waals surface area contributed by atoms with Gasteiger partial charge in [-0.15, -0.1) is 0 Å². The highest BCUT2D eigenvalue weighted by Gasteiger charge is 2.49. The molecule has 0 saturated carbocycles. The molecular weight excluding hydrogens is 584 g/mol. The molecule has 1 aliphatic rings. The third-order valence-electron chi connectivity index (χ3n) is 7.06. The lowest BCUT2D eigenvalue weighted by Crippen LogP contribution is -2.58. The number of carbonyl (C=O) groups is 4. The van der Waals surface area contributed by atoms with E-state index in [0.29, 0.717) is 11.4 Å². The number of carbonyl (C=O) groups excluding carboxylic acids is 4. The van der Waals surface area contributed by atoms with Gasteiger partial charge in [-0.2, -0.15) is 5.10 Å². The summed E-state index contributed by atoms with van der Waals surface area (Å²) in [6.07, 6.45) is -5.30. The van der Waals surface area contributed by atoms with E-state index in [-0.39, 0.29) is 24.3 Å². The lowest BCUT2D eigenvalue weighted by molar-refractivity contribution is -0.266. The maximum atomic E-state index is 13.8. The first kappa shape index (κ1) is 33.2. The van der Waals surface area contributed by atoms with Crippen LogP contribution in [-0.2, 0) is 50.0 Å². The van der Waals surface area contributed by atoms with Crippen molar-refractivity contribution < 1.29 is 47.6 Å². The van der Waals surface area contributed by atoms with Crippen LogP contribution in [0.4, 0.5) is 0 Å². The zero-order valence-electron chi connectivity index (χ0n) is 26.4. The van der Waals surface area contributed by atoms with Crippen LogP contribution in [0.5, 0.6) is 5.75 Å². The fourth-order valence-corrected chi connectivity index (χ4v) is 4.86. The summed E-state index contributed by atoms with van der Waals surface area (Å²) in [5.41, 5.74) is 3.36. The predicted octanol–water partition coefficient (Wildman–Crippen LogP) is 4.21. The quantitative estimate of drug-likeness (QED) is 0.250. The Kier molecular flexibility index (Phi) is 10.3. The van der Waals surface area contributed by atoms with Gasteiger partial charge in [-0.05, 0) is 46.9 Å². The number of hydrogen-bond donors (Lipinski definition) is 0. The predicted molar refractivity (Wildman–Crippen MR) is 160 cm³/mol. The van der Waals surface area contributed by atoms with Crippen molar-refractivity contribution in [1.29, 1.82) is 0 Å². The first-order valence-electron chi connectivity index (χ1n) is 14.4. The Hall–Kier alpha value is -4.71. The van der Waals surface area contributed by atoms with Gasteiger partial charge in [-0.1, -0.05) is 45.0 Å². The largest absolute Gasteiger partial charge is 0.497 e. The van der Waals surface area contributed by atoms with Crippen LogP contribution >= 0.6 is 0 Å². The van der Waals surface area contributed by atoms with Crippen molar-refractivity contribution in [2.75, 3.05) is 13.7 Å². The molecule has 0 amide bonds. The Balaban J connectivity index is 1.67. The summed E-state index contributed by atoms with van der Waals surface area (Å²) in [6.45, 7) is 9.80. The second-order valence-electron chi connectivity index (χ2n) is 11.7. The van der Waals surface area contributed by atoms with Gasteiger partial charge in [0.2, 0.25) is 12.4 Å². The molecule has 1 aromatic heterocycles. The van der Waals surface area contributed by atoms with Crippen LogP contribution in [0.1, 0.15) is 63.2 Å². The first-order chi connectivity index (χ1) is 21.2. The fourth-order valence-electron chi connectivity index (χ4n) is 4.86. The normalized spacial score (nSPS) is 19.7. The van der Waals surface area contributed by atoms with Gasteiger partial charge >= 0.3 is 23.9 Å². The second kappa shape index (κ2) is 13.9. The van der Waals surface area contributed by atoms with Gasteiger partial charge in [-0.25, -0.2) is 4.79 Å². The molecule has 4 rings (SSSR count). The Labute approximate surface area is 261 Å². The van der Waals surface area contributed by atoms with Gasteiger partial charge in [0.25, 0.3) is 0 Å².